The van der Waals surface area contributed by atoms with Gasteiger partial charge in [0.1, 0.15) is 11.6 Å². The van der Waals surface area contributed by atoms with Crippen LogP contribution >= 0.6 is 0 Å². The van der Waals surface area contributed by atoms with E-state index in [4.69, 9.17) is 10.2 Å². The summed E-state index contributed by atoms with van der Waals surface area (Å²) in [7, 11) is 0. The standard InChI is InChI=1S/C21H18FN5/c1-3-26-20-8-7-15(13-23)10-19(20)24-21(26)12-18-9-14(2)25-27(18)17-6-4-5-16(22)11-17/h4-11H,3,12H2,1-2H3. The monoisotopic (exact) mass is 359 g/mol. The number of aromatic nitrogens is 4. The van der Waals surface area contributed by atoms with Crippen LogP contribution in [0.25, 0.3) is 16.7 Å². The van der Waals surface area contributed by atoms with Crippen molar-refractivity contribution in [1.29, 1.82) is 5.26 Å². The Bertz CT molecular complexity index is 1180. The first-order valence-electron chi connectivity index (χ1n) is 8.80. The molecule has 27 heavy (non-hydrogen) atoms. The van der Waals surface area contributed by atoms with Crippen molar-refractivity contribution in [1.82, 2.24) is 19.3 Å². The summed E-state index contributed by atoms with van der Waals surface area (Å²) in [5.74, 6) is 0.594. The van der Waals surface area contributed by atoms with Gasteiger partial charge in [-0.25, -0.2) is 14.1 Å². The van der Waals surface area contributed by atoms with Crippen molar-refractivity contribution in [3.63, 3.8) is 0 Å². The van der Waals surface area contributed by atoms with E-state index in [1.165, 1.54) is 12.1 Å². The summed E-state index contributed by atoms with van der Waals surface area (Å²) >= 11 is 0. The van der Waals surface area contributed by atoms with Crippen LogP contribution in [0, 0.1) is 24.1 Å². The number of rotatable bonds is 4. The topological polar surface area (TPSA) is 59.4 Å². The molecule has 6 heteroatoms. The van der Waals surface area contributed by atoms with Gasteiger partial charge in [-0.3, -0.25) is 0 Å². The Morgan fingerprint density at radius 1 is 1.15 bits per heavy atom. The van der Waals surface area contributed by atoms with Gasteiger partial charge in [0.25, 0.3) is 0 Å². The first-order valence-corrected chi connectivity index (χ1v) is 8.80. The molecule has 0 aliphatic carbocycles. The first-order chi connectivity index (χ1) is 13.1. The fourth-order valence-electron chi connectivity index (χ4n) is 3.41. The average molecular weight is 359 g/mol. The summed E-state index contributed by atoms with van der Waals surface area (Å²) in [4.78, 5) is 4.75. The van der Waals surface area contributed by atoms with Crippen molar-refractivity contribution < 1.29 is 4.39 Å². The van der Waals surface area contributed by atoms with E-state index in [9.17, 15) is 4.39 Å². The molecule has 0 saturated heterocycles. The number of hydrogen-bond acceptors (Lipinski definition) is 3. The van der Waals surface area contributed by atoms with Gasteiger partial charge in [-0.15, -0.1) is 0 Å². The lowest BCUT2D eigenvalue weighted by atomic mass is 10.2. The van der Waals surface area contributed by atoms with Crippen molar-refractivity contribution in [2.24, 2.45) is 0 Å². The summed E-state index contributed by atoms with van der Waals surface area (Å²) in [5.41, 5.74) is 4.88. The van der Waals surface area contributed by atoms with E-state index in [-0.39, 0.29) is 5.82 Å². The summed E-state index contributed by atoms with van der Waals surface area (Å²) in [5, 5.41) is 13.7. The molecule has 0 aliphatic rings. The number of fused-ring (bicyclic) bond motifs is 1. The van der Waals surface area contributed by atoms with Gasteiger partial charge in [0.15, 0.2) is 0 Å². The third kappa shape index (κ3) is 3.08. The van der Waals surface area contributed by atoms with Gasteiger partial charge in [0.2, 0.25) is 0 Å². The van der Waals surface area contributed by atoms with Crippen molar-refractivity contribution in [2.75, 3.05) is 0 Å². The Morgan fingerprint density at radius 3 is 2.74 bits per heavy atom. The van der Waals surface area contributed by atoms with Crippen LogP contribution in [0.4, 0.5) is 4.39 Å². The molecule has 0 saturated carbocycles. The molecule has 0 spiro atoms. The Labute approximate surface area is 156 Å². The van der Waals surface area contributed by atoms with E-state index in [0.29, 0.717) is 17.7 Å². The Balaban J connectivity index is 1.80. The minimum Gasteiger partial charge on any atom is -0.328 e. The Kier molecular flexibility index (Phi) is 4.21. The fraction of sp³-hybridized carbons (Fsp3) is 0.190. The van der Waals surface area contributed by atoms with Crippen molar-refractivity contribution in [3.8, 4) is 11.8 Å². The number of halogens is 1. The molecule has 0 amide bonds. The van der Waals surface area contributed by atoms with Gasteiger partial charge < -0.3 is 4.57 Å². The highest BCUT2D eigenvalue weighted by atomic mass is 19.1. The van der Waals surface area contributed by atoms with Gasteiger partial charge >= 0.3 is 0 Å². The lowest BCUT2D eigenvalue weighted by molar-refractivity contribution is 0.624. The van der Waals surface area contributed by atoms with Crippen LogP contribution in [-0.2, 0) is 13.0 Å². The first kappa shape index (κ1) is 17.0. The van der Waals surface area contributed by atoms with Crippen LogP contribution < -0.4 is 0 Å². The largest absolute Gasteiger partial charge is 0.328 e. The van der Waals surface area contributed by atoms with Gasteiger partial charge in [0, 0.05) is 13.0 Å². The van der Waals surface area contributed by atoms with E-state index < -0.39 is 0 Å². The van der Waals surface area contributed by atoms with Gasteiger partial charge in [0.05, 0.1) is 39.7 Å². The van der Waals surface area contributed by atoms with Crippen LogP contribution in [0.5, 0.6) is 0 Å². The van der Waals surface area contributed by atoms with Crippen molar-refractivity contribution >= 4 is 11.0 Å². The predicted octanol–water partition coefficient (Wildman–Crippen LogP) is 4.15. The number of nitriles is 1. The zero-order valence-electron chi connectivity index (χ0n) is 15.1. The molecule has 0 N–H and O–H groups in total. The molecule has 0 radical (unpaired) electrons. The molecular formula is C21H18FN5. The normalized spacial score (nSPS) is 11.0. The molecule has 5 nitrogen and oxygen atoms in total. The second-order valence-electron chi connectivity index (χ2n) is 6.43. The summed E-state index contributed by atoms with van der Waals surface area (Å²) in [6, 6.07) is 16.1. The Hall–Kier alpha value is -3.46. The van der Waals surface area contributed by atoms with E-state index >= 15 is 0 Å². The third-order valence-electron chi connectivity index (χ3n) is 4.57. The van der Waals surface area contributed by atoms with Crippen LogP contribution in [-0.4, -0.2) is 19.3 Å². The molecule has 134 valence electrons. The number of hydrogen-bond donors (Lipinski definition) is 0. The highest BCUT2D eigenvalue weighted by Gasteiger charge is 2.15. The molecule has 0 unspecified atom stereocenters. The number of aryl methyl sites for hydroxylation is 2. The van der Waals surface area contributed by atoms with Crippen LogP contribution in [0.2, 0.25) is 0 Å². The van der Waals surface area contributed by atoms with E-state index in [0.717, 1.165) is 34.8 Å². The number of nitrogens with zero attached hydrogens (tertiary/aromatic N) is 5. The average Bonchev–Trinajstić information content (AvgIpc) is 3.20. The molecule has 4 rings (SSSR count). The molecule has 0 bridgehead atoms. The molecule has 2 aromatic carbocycles. The van der Waals surface area contributed by atoms with Crippen LogP contribution in [0.15, 0.2) is 48.5 Å². The maximum atomic E-state index is 13.7. The van der Waals surface area contributed by atoms with Gasteiger partial charge in [-0.1, -0.05) is 6.07 Å². The molecule has 0 fully saturated rings. The van der Waals surface area contributed by atoms with Gasteiger partial charge in [-0.2, -0.15) is 10.4 Å². The fourth-order valence-corrected chi connectivity index (χ4v) is 3.41. The quantitative estimate of drug-likeness (QED) is 0.550. The Morgan fingerprint density at radius 2 is 2.00 bits per heavy atom. The smallest absolute Gasteiger partial charge is 0.125 e. The van der Waals surface area contributed by atoms with E-state index in [1.54, 1.807) is 22.9 Å². The maximum absolute atomic E-state index is 13.7. The third-order valence-corrected chi connectivity index (χ3v) is 4.57. The maximum Gasteiger partial charge on any atom is 0.125 e. The highest BCUT2D eigenvalue weighted by molar-refractivity contribution is 5.77. The van der Waals surface area contributed by atoms with Crippen molar-refractivity contribution in [2.45, 2.75) is 26.8 Å². The second kappa shape index (κ2) is 6.69. The van der Waals surface area contributed by atoms with E-state index in [1.807, 2.05) is 25.1 Å². The molecular weight excluding hydrogens is 341 g/mol. The van der Waals surface area contributed by atoms with Gasteiger partial charge in [-0.05, 0) is 56.3 Å². The highest BCUT2D eigenvalue weighted by Crippen LogP contribution is 2.22. The zero-order chi connectivity index (χ0) is 19.0. The number of benzene rings is 2. The van der Waals surface area contributed by atoms with Crippen LogP contribution in [0.1, 0.15) is 29.7 Å². The summed E-state index contributed by atoms with van der Waals surface area (Å²) in [6.07, 6.45) is 0.557. The molecule has 2 aromatic heterocycles. The summed E-state index contributed by atoms with van der Waals surface area (Å²) in [6.45, 7) is 4.75. The minimum absolute atomic E-state index is 0.295. The molecule has 0 aliphatic heterocycles. The zero-order valence-corrected chi connectivity index (χ0v) is 15.1. The minimum atomic E-state index is -0.295. The predicted molar refractivity (Wildman–Crippen MR) is 101 cm³/mol. The van der Waals surface area contributed by atoms with Crippen molar-refractivity contribution in [3.05, 3.63) is 77.1 Å². The molecule has 4 aromatic rings. The van der Waals surface area contributed by atoms with E-state index in [2.05, 4.69) is 22.7 Å². The lowest BCUT2D eigenvalue weighted by Crippen LogP contribution is -2.08. The second-order valence-corrected chi connectivity index (χ2v) is 6.43. The van der Waals surface area contributed by atoms with Crippen LogP contribution in [0.3, 0.4) is 0 Å². The molecule has 2 heterocycles. The lowest BCUT2D eigenvalue weighted by Gasteiger charge is -2.09. The number of imidazole rings is 1. The molecule has 0 atom stereocenters. The SMILES string of the molecule is CCn1c(Cc2cc(C)nn2-c2cccc(F)c2)nc2cc(C#N)ccc21. The summed E-state index contributed by atoms with van der Waals surface area (Å²) < 4.78 is 17.6.